The highest BCUT2D eigenvalue weighted by Crippen LogP contribution is 2.41. The summed E-state index contributed by atoms with van der Waals surface area (Å²) in [5.41, 5.74) is 2.74. The summed E-state index contributed by atoms with van der Waals surface area (Å²) in [4.78, 5) is 22.3. The summed E-state index contributed by atoms with van der Waals surface area (Å²) in [5, 5.41) is 0.943. The van der Waals surface area contributed by atoms with Crippen LogP contribution in [0.4, 0.5) is 0 Å². The molecule has 26 heavy (non-hydrogen) atoms. The molecular formula is C19H19Cl2N3O2. The number of fused-ring (bicyclic) bond motifs is 1. The maximum atomic E-state index is 11.7. The Morgan fingerprint density at radius 3 is 2.88 bits per heavy atom. The van der Waals surface area contributed by atoms with Crippen molar-refractivity contribution in [1.29, 1.82) is 0 Å². The van der Waals surface area contributed by atoms with Gasteiger partial charge in [-0.05, 0) is 48.9 Å². The van der Waals surface area contributed by atoms with Crippen LogP contribution in [-0.2, 0) is 11.3 Å². The van der Waals surface area contributed by atoms with Gasteiger partial charge in [-0.15, -0.1) is 0 Å². The monoisotopic (exact) mass is 391 g/mol. The Morgan fingerprint density at radius 2 is 2.19 bits per heavy atom. The van der Waals surface area contributed by atoms with E-state index in [4.69, 9.17) is 27.9 Å². The molecule has 2 unspecified atom stereocenters. The molecule has 5 nitrogen and oxygen atoms in total. The van der Waals surface area contributed by atoms with Crippen molar-refractivity contribution in [3.63, 3.8) is 0 Å². The van der Waals surface area contributed by atoms with E-state index in [2.05, 4.69) is 14.9 Å². The number of hydrogen-bond acceptors (Lipinski definition) is 5. The van der Waals surface area contributed by atoms with E-state index in [0.29, 0.717) is 35.1 Å². The molecule has 0 spiro atoms. The van der Waals surface area contributed by atoms with Crippen LogP contribution in [0.15, 0.2) is 24.5 Å². The van der Waals surface area contributed by atoms with E-state index in [0.717, 1.165) is 23.0 Å². The van der Waals surface area contributed by atoms with Gasteiger partial charge in [0, 0.05) is 30.5 Å². The topological polar surface area (TPSA) is 55.3 Å². The van der Waals surface area contributed by atoms with Gasteiger partial charge in [-0.3, -0.25) is 4.90 Å². The molecule has 0 aromatic carbocycles. The van der Waals surface area contributed by atoms with Gasteiger partial charge < -0.3 is 9.53 Å². The highest BCUT2D eigenvalue weighted by molar-refractivity contribution is 6.31. The lowest BCUT2D eigenvalue weighted by atomic mass is 10.1. The van der Waals surface area contributed by atoms with Crippen LogP contribution in [0.1, 0.15) is 48.5 Å². The minimum Gasteiger partial charge on any atom is -0.476 e. The number of ether oxygens (including phenoxy) is 1. The third-order valence-corrected chi connectivity index (χ3v) is 5.74. The third-order valence-electron chi connectivity index (χ3n) is 5.15. The first-order valence-corrected chi connectivity index (χ1v) is 9.46. The minimum absolute atomic E-state index is 0.0591. The Labute approximate surface area is 162 Å². The molecule has 1 aliphatic heterocycles. The Kier molecular flexibility index (Phi) is 4.86. The van der Waals surface area contributed by atoms with Gasteiger partial charge in [-0.1, -0.05) is 23.2 Å². The van der Waals surface area contributed by atoms with Crippen molar-refractivity contribution in [2.45, 2.75) is 38.4 Å². The zero-order valence-electron chi connectivity index (χ0n) is 14.4. The lowest BCUT2D eigenvalue weighted by Crippen LogP contribution is -2.26. The van der Waals surface area contributed by atoms with Crippen LogP contribution >= 0.6 is 23.2 Å². The van der Waals surface area contributed by atoms with Gasteiger partial charge in [0.15, 0.2) is 0 Å². The van der Waals surface area contributed by atoms with Crippen LogP contribution in [-0.4, -0.2) is 27.8 Å². The maximum Gasteiger partial charge on any atom is 0.232 e. The molecule has 2 aromatic heterocycles. The Bertz CT molecular complexity index is 842. The van der Waals surface area contributed by atoms with E-state index < -0.39 is 0 Å². The number of hydrogen-bond donors (Lipinski definition) is 0. The highest BCUT2D eigenvalue weighted by Gasteiger charge is 2.35. The van der Waals surface area contributed by atoms with Crippen LogP contribution in [0, 0.1) is 5.92 Å². The number of halogens is 2. The Balaban J connectivity index is 1.55. The van der Waals surface area contributed by atoms with Crippen LogP contribution in [0.5, 0.6) is 5.88 Å². The van der Waals surface area contributed by atoms with Crippen LogP contribution in [0.2, 0.25) is 10.2 Å². The molecule has 2 atom stereocenters. The van der Waals surface area contributed by atoms with E-state index in [1.54, 1.807) is 12.4 Å². The number of aldehydes is 1. The quantitative estimate of drug-likeness (QED) is 0.539. The second-order valence-electron chi connectivity index (χ2n) is 6.91. The Morgan fingerprint density at radius 1 is 1.38 bits per heavy atom. The molecule has 1 aliphatic carbocycles. The van der Waals surface area contributed by atoms with Gasteiger partial charge in [0.1, 0.15) is 16.5 Å². The molecule has 0 saturated heterocycles. The lowest BCUT2D eigenvalue weighted by molar-refractivity contribution is -0.113. The van der Waals surface area contributed by atoms with Crippen molar-refractivity contribution >= 4 is 29.5 Å². The van der Waals surface area contributed by atoms with E-state index >= 15 is 0 Å². The van der Waals surface area contributed by atoms with E-state index in [1.807, 2.05) is 19.1 Å². The molecule has 0 amide bonds. The van der Waals surface area contributed by atoms with E-state index in [-0.39, 0.29) is 12.1 Å². The van der Waals surface area contributed by atoms with Crippen molar-refractivity contribution in [1.82, 2.24) is 14.9 Å². The maximum absolute atomic E-state index is 11.7. The lowest BCUT2D eigenvalue weighted by Gasteiger charge is -2.28. The molecule has 1 saturated carbocycles. The molecule has 0 bridgehead atoms. The molecule has 1 fully saturated rings. The number of nitrogens with zero attached hydrogens (tertiary/aromatic N) is 3. The molecule has 0 radical (unpaired) electrons. The predicted octanol–water partition coefficient (Wildman–Crippen LogP) is 4.39. The summed E-state index contributed by atoms with van der Waals surface area (Å²) in [5.74, 6) is 1.11. The standard InChI is InChI=1S/C19H19Cl2N3O2/c1-11(13-6-16(20)19(23-7-13)26-10-12-2-3-12)24-8-15-14(17(24)9-25)4-5-22-18(15)21/h4-7,9,11-12,17H,2-3,8,10H2,1H3. The SMILES string of the molecule is CC(c1cnc(OCC2CC2)c(Cl)c1)N1Cc2c(ccnc2Cl)C1C=O. The van der Waals surface area contributed by atoms with E-state index in [1.165, 1.54) is 12.8 Å². The zero-order valence-corrected chi connectivity index (χ0v) is 15.9. The summed E-state index contributed by atoms with van der Waals surface area (Å²) >= 11 is 12.6. The van der Waals surface area contributed by atoms with Crippen molar-refractivity contribution in [2.24, 2.45) is 5.92 Å². The number of pyridine rings is 2. The first-order valence-electron chi connectivity index (χ1n) is 8.71. The van der Waals surface area contributed by atoms with Gasteiger partial charge in [-0.2, -0.15) is 0 Å². The predicted molar refractivity (Wildman–Crippen MR) is 99.5 cm³/mol. The van der Waals surface area contributed by atoms with Gasteiger partial charge in [0.05, 0.1) is 12.6 Å². The number of rotatable bonds is 6. The highest BCUT2D eigenvalue weighted by atomic mass is 35.5. The van der Waals surface area contributed by atoms with Crippen molar-refractivity contribution in [3.8, 4) is 5.88 Å². The summed E-state index contributed by atoms with van der Waals surface area (Å²) in [6.45, 7) is 3.26. The van der Waals surface area contributed by atoms with E-state index in [9.17, 15) is 4.79 Å². The zero-order chi connectivity index (χ0) is 18.3. The molecule has 4 rings (SSSR count). The number of aromatic nitrogens is 2. The molecule has 7 heteroatoms. The fourth-order valence-corrected chi connectivity index (χ4v) is 3.81. The van der Waals surface area contributed by atoms with Crippen molar-refractivity contribution in [2.75, 3.05) is 6.61 Å². The van der Waals surface area contributed by atoms with Crippen molar-refractivity contribution < 1.29 is 9.53 Å². The van der Waals surface area contributed by atoms with Gasteiger partial charge in [-0.25, -0.2) is 9.97 Å². The first kappa shape index (κ1) is 17.7. The van der Waals surface area contributed by atoms with Crippen molar-refractivity contribution in [3.05, 3.63) is 51.4 Å². The van der Waals surface area contributed by atoms with Crippen LogP contribution < -0.4 is 4.74 Å². The average Bonchev–Trinajstić information content (AvgIpc) is 3.38. The average molecular weight is 392 g/mol. The van der Waals surface area contributed by atoms with Crippen LogP contribution in [0.25, 0.3) is 0 Å². The Hall–Kier alpha value is -1.69. The normalized spacial score (nSPS) is 20.7. The number of carbonyl (C=O) groups is 1. The molecule has 2 aromatic rings. The molecule has 3 heterocycles. The molecular weight excluding hydrogens is 373 g/mol. The summed E-state index contributed by atoms with van der Waals surface area (Å²) < 4.78 is 5.69. The summed E-state index contributed by atoms with van der Waals surface area (Å²) in [6, 6.07) is 3.31. The third kappa shape index (κ3) is 3.31. The number of carbonyl (C=O) groups excluding carboxylic acids is 1. The minimum atomic E-state index is -0.356. The largest absolute Gasteiger partial charge is 0.476 e. The fraction of sp³-hybridized carbons (Fsp3) is 0.421. The van der Waals surface area contributed by atoms with Gasteiger partial charge in [0.25, 0.3) is 0 Å². The summed E-state index contributed by atoms with van der Waals surface area (Å²) in [6.07, 6.45) is 6.78. The second kappa shape index (κ2) is 7.14. The smallest absolute Gasteiger partial charge is 0.232 e. The fourth-order valence-electron chi connectivity index (χ4n) is 3.35. The molecule has 2 aliphatic rings. The first-order chi connectivity index (χ1) is 12.6. The van der Waals surface area contributed by atoms with Gasteiger partial charge in [0.2, 0.25) is 5.88 Å². The van der Waals surface area contributed by atoms with Crippen LogP contribution in [0.3, 0.4) is 0 Å². The molecule has 136 valence electrons. The second-order valence-corrected chi connectivity index (χ2v) is 7.67. The molecule has 0 N–H and O–H groups in total. The van der Waals surface area contributed by atoms with Gasteiger partial charge >= 0.3 is 0 Å². The summed E-state index contributed by atoms with van der Waals surface area (Å²) in [7, 11) is 0.